The van der Waals surface area contributed by atoms with Gasteiger partial charge >= 0.3 is 0 Å². The van der Waals surface area contributed by atoms with Crippen LogP contribution in [0.3, 0.4) is 0 Å². The van der Waals surface area contributed by atoms with Gasteiger partial charge in [-0.2, -0.15) is 0 Å². The number of hydrogen-bond donors (Lipinski definition) is 0. The summed E-state index contributed by atoms with van der Waals surface area (Å²) in [6, 6.07) is 9.94. The summed E-state index contributed by atoms with van der Waals surface area (Å²) in [4.78, 5) is 6.63. The minimum atomic E-state index is 0. The van der Waals surface area contributed by atoms with Gasteiger partial charge in [0.2, 0.25) is 0 Å². The smallest absolute Gasteiger partial charge is 0.288 e. The van der Waals surface area contributed by atoms with Crippen molar-refractivity contribution < 1.29 is 4.74 Å². The average Bonchev–Trinajstić information content (AvgIpc) is 2.77. The van der Waals surface area contributed by atoms with Gasteiger partial charge in [0.1, 0.15) is 6.10 Å². The van der Waals surface area contributed by atoms with E-state index in [-0.39, 0.29) is 18.5 Å². The summed E-state index contributed by atoms with van der Waals surface area (Å²) in [5.74, 6) is 0. The van der Waals surface area contributed by atoms with Gasteiger partial charge in [0.15, 0.2) is 0 Å². The molecule has 3 nitrogen and oxygen atoms in total. The molecule has 2 fully saturated rings. The molecule has 0 aromatic heterocycles. The Bertz CT molecular complexity index is 475. The lowest BCUT2D eigenvalue weighted by molar-refractivity contribution is 0.168. The highest BCUT2D eigenvalue weighted by Gasteiger charge is 2.41. The molecule has 2 aliphatic heterocycles. The zero-order valence-electron chi connectivity index (χ0n) is 11.5. The van der Waals surface area contributed by atoms with E-state index < -0.39 is 0 Å². The van der Waals surface area contributed by atoms with E-state index in [1.54, 1.807) is 0 Å². The molecule has 2 atom stereocenters. The molecule has 0 aliphatic carbocycles. The minimum Gasteiger partial charge on any atom is -0.455 e. The molecule has 3 rings (SSSR count). The molecular formula is C15H21ClN2O. The summed E-state index contributed by atoms with van der Waals surface area (Å²) in [5.41, 5.74) is 2.57. The number of hydrogen-bond acceptors (Lipinski definition) is 2. The van der Waals surface area contributed by atoms with Crippen LogP contribution in [0.15, 0.2) is 29.3 Å². The highest BCUT2D eigenvalue weighted by Crippen LogP contribution is 2.37. The maximum atomic E-state index is 6.07. The maximum Gasteiger partial charge on any atom is 0.288 e. The molecule has 0 amide bonds. The summed E-state index contributed by atoms with van der Waals surface area (Å²) < 4.78 is 6.07. The molecule has 0 bridgehead atoms. The molecule has 1 aromatic carbocycles. The second kappa shape index (κ2) is 5.83. The van der Waals surface area contributed by atoms with Crippen molar-refractivity contribution in [2.45, 2.75) is 38.3 Å². The number of halogens is 1. The lowest BCUT2D eigenvalue weighted by Gasteiger charge is -2.30. The lowest BCUT2D eigenvalue weighted by atomic mass is 9.94. The van der Waals surface area contributed by atoms with E-state index in [1.165, 1.54) is 30.4 Å². The molecule has 2 aliphatic rings. The SMILES string of the molecule is CN=C1OC(c2cccc(C)c2)C2CCCCN12.Cl. The molecule has 0 spiro atoms. The van der Waals surface area contributed by atoms with Gasteiger partial charge in [-0.1, -0.05) is 29.8 Å². The molecule has 2 heterocycles. The summed E-state index contributed by atoms with van der Waals surface area (Å²) in [6.45, 7) is 3.21. The molecule has 2 saturated heterocycles. The fraction of sp³-hybridized carbons (Fsp3) is 0.533. The van der Waals surface area contributed by atoms with Gasteiger partial charge in [-0.25, -0.2) is 4.99 Å². The largest absolute Gasteiger partial charge is 0.455 e. The van der Waals surface area contributed by atoms with Gasteiger partial charge in [0.05, 0.1) is 6.04 Å². The summed E-state index contributed by atoms with van der Waals surface area (Å²) in [6.07, 6.45) is 3.91. The van der Waals surface area contributed by atoms with E-state index in [0.29, 0.717) is 6.04 Å². The van der Waals surface area contributed by atoms with Crippen molar-refractivity contribution in [1.82, 2.24) is 4.90 Å². The number of amidine groups is 1. The van der Waals surface area contributed by atoms with Crippen molar-refractivity contribution in [1.29, 1.82) is 0 Å². The molecule has 19 heavy (non-hydrogen) atoms. The number of piperidine rings is 1. The van der Waals surface area contributed by atoms with Gasteiger partial charge in [-0.15, -0.1) is 12.4 Å². The highest BCUT2D eigenvalue weighted by atomic mass is 35.5. The summed E-state index contributed by atoms with van der Waals surface area (Å²) in [5, 5.41) is 0. The van der Waals surface area contributed by atoms with Crippen LogP contribution < -0.4 is 0 Å². The van der Waals surface area contributed by atoms with E-state index in [4.69, 9.17) is 4.74 Å². The van der Waals surface area contributed by atoms with Gasteiger partial charge < -0.3 is 9.64 Å². The topological polar surface area (TPSA) is 24.8 Å². The Hall–Kier alpha value is -1.22. The Kier molecular flexibility index (Phi) is 4.35. The van der Waals surface area contributed by atoms with Crippen LogP contribution in [-0.2, 0) is 4.74 Å². The number of fused-ring (bicyclic) bond motifs is 1. The number of aryl methyl sites for hydroxylation is 1. The second-order valence-electron chi connectivity index (χ2n) is 5.22. The number of ether oxygens (including phenoxy) is 1. The van der Waals surface area contributed by atoms with Crippen molar-refractivity contribution in [3.05, 3.63) is 35.4 Å². The molecular weight excluding hydrogens is 260 g/mol. The van der Waals surface area contributed by atoms with Gasteiger partial charge in [0, 0.05) is 13.6 Å². The van der Waals surface area contributed by atoms with Crippen molar-refractivity contribution in [2.24, 2.45) is 4.99 Å². The first-order valence-corrected chi connectivity index (χ1v) is 6.76. The first-order valence-electron chi connectivity index (χ1n) is 6.76. The standard InChI is InChI=1S/C15H20N2O.ClH/c1-11-6-5-7-12(10-11)14-13-8-3-4-9-17(13)15(16-2)18-14;/h5-7,10,13-14H,3-4,8-9H2,1-2H3;1H. The van der Waals surface area contributed by atoms with Crippen molar-refractivity contribution in [3.63, 3.8) is 0 Å². The first kappa shape index (κ1) is 14.2. The fourth-order valence-electron chi connectivity index (χ4n) is 3.09. The third-order valence-electron chi connectivity index (χ3n) is 3.94. The zero-order chi connectivity index (χ0) is 12.5. The minimum absolute atomic E-state index is 0. The van der Waals surface area contributed by atoms with Crippen LogP contribution in [0.4, 0.5) is 0 Å². The zero-order valence-corrected chi connectivity index (χ0v) is 12.3. The Morgan fingerprint density at radius 3 is 2.89 bits per heavy atom. The van der Waals surface area contributed by atoms with Crippen molar-refractivity contribution >= 4 is 18.4 Å². The van der Waals surface area contributed by atoms with Crippen LogP contribution in [0, 0.1) is 6.92 Å². The molecule has 1 aromatic rings. The fourth-order valence-corrected chi connectivity index (χ4v) is 3.09. The first-order chi connectivity index (χ1) is 8.79. The Morgan fingerprint density at radius 1 is 1.32 bits per heavy atom. The Balaban J connectivity index is 0.00000133. The summed E-state index contributed by atoms with van der Waals surface area (Å²) in [7, 11) is 1.82. The van der Waals surface area contributed by atoms with Crippen LogP contribution >= 0.6 is 12.4 Å². The Labute approximate surface area is 121 Å². The predicted molar refractivity (Wildman–Crippen MR) is 80.0 cm³/mol. The average molecular weight is 281 g/mol. The van der Waals surface area contributed by atoms with Crippen LogP contribution in [0.2, 0.25) is 0 Å². The van der Waals surface area contributed by atoms with E-state index in [2.05, 4.69) is 41.1 Å². The van der Waals surface area contributed by atoms with Gasteiger partial charge in [-0.3, -0.25) is 0 Å². The van der Waals surface area contributed by atoms with Gasteiger partial charge in [0.25, 0.3) is 6.02 Å². The summed E-state index contributed by atoms with van der Waals surface area (Å²) >= 11 is 0. The third-order valence-corrected chi connectivity index (χ3v) is 3.94. The molecule has 0 saturated carbocycles. The molecule has 0 radical (unpaired) electrons. The van der Waals surface area contributed by atoms with Gasteiger partial charge in [-0.05, 0) is 31.7 Å². The Morgan fingerprint density at radius 2 is 2.16 bits per heavy atom. The monoisotopic (exact) mass is 280 g/mol. The maximum absolute atomic E-state index is 6.07. The van der Waals surface area contributed by atoms with E-state index in [0.717, 1.165) is 12.6 Å². The van der Waals surface area contributed by atoms with Crippen LogP contribution in [0.5, 0.6) is 0 Å². The molecule has 0 N–H and O–H groups in total. The third kappa shape index (κ3) is 2.57. The van der Waals surface area contributed by atoms with E-state index in [9.17, 15) is 0 Å². The predicted octanol–water partition coefficient (Wildman–Crippen LogP) is 3.33. The van der Waals surface area contributed by atoms with E-state index in [1.807, 2.05) is 7.05 Å². The van der Waals surface area contributed by atoms with Crippen LogP contribution in [-0.4, -0.2) is 30.6 Å². The normalized spacial score (nSPS) is 27.7. The van der Waals surface area contributed by atoms with Crippen molar-refractivity contribution in [2.75, 3.05) is 13.6 Å². The molecule has 2 unspecified atom stereocenters. The van der Waals surface area contributed by atoms with Crippen molar-refractivity contribution in [3.8, 4) is 0 Å². The lowest BCUT2D eigenvalue weighted by Crippen LogP contribution is -2.38. The van der Waals surface area contributed by atoms with E-state index >= 15 is 0 Å². The number of rotatable bonds is 1. The quantitative estimate of drug-likeness (QED) is 0.788. The number of benzene rings is 1. The van der Waals surface area contributed by atoms with Crippen LogP contribution in [0.25, 0.3) is 0 Å². The number of aliphatic imine (C=N–C) groups is 1. The highest BCUT2D eigenvalue weighted by molar-refractivity contribution is 5.85. The number of nitrogens with zero attached hydrogens (tertiary/aromatic N) is 2. The molecule has 104 valence electrons. The second-order valence-corrected chi connectivity index (χ2v) is 5.22. The molecule has 4 heteroatoms. The van der Waals surface area contributed by atoms with Crippen LogP contribution in [0.1, 0.15) is 36.5 Å².